The molecule has 2 N–H and O–H groups in total. The molecule has 0 atom stereocenters. The van der Waals surface area contributed by atoms with Crippen LogP contribution in [0.25, 0.3) is 0 Å². The molecule has 0 aliphatic heterocycles. The van der Waals surface area contributed by atoms with Crippen molar-refractivity contribution in [3.63, 3.8) is 0 Å². The van der Waals surface area contributed by atoms with Gasteiger partial charge in [-0.05, 0) is 50.2 Å². The highest BCUT2D eigenvalue weighted by Gasteiger charge is 2.09. The molecule has 0 bridgehead atoms. The molecule has 1 heterocycles. The average Bonchev–Trinajstić information content (AvgIpc) is 2.43. The number of nitrogens with one attached hydrogen (secondary N) is 1. The largest absolute Gasteiger partial charge is 0.502 e. The average molecular weight is 317 g/mol. The molecule has 1 aromatic heterocycles. The van der Waals surface area contributed by atoms with Crippen molar-refractivity contribution < 1.29 is 9.84 Å². The van der Waals surface area contributed by atoms with Crippen molar-refractivity contribution in [1.82, 2.24) is 9.97 Å². The molecule has 0 amide bonds. The third-order valence-electron chi connectivity index (χ3n) is 3.22. The summed E-state index contributed by atoms with van der Waals surface area (Å²) in [7, 11) is 0. The first-order chi connectivity index (χ1) is 10.5. The van der Waals surface area contributed by atoms with E-state index in [4.69, 9.17) is 17.0 Å². The van der Waals surface area contributed by atoms with Crippen LogP contribution in [0.4, 0.5) is 11.5 Å². The third kappa shape index (κ3) is 4.14. The third-order valence-corrected chi connectivity index (χ3v) is 3.36. The number of hydrogen-bond acceptors (Lipinski definition) is 5. The molecule has 0 aliphatic carbocycles. The molecule has 116 valence electrons. The topological polar surface area (TPSA) is 67.3 Å². The van der Waals surface area contributed by atoms with Crippen LogP contribution in [0.5, 0.6) is 5.88 Å². The molecule has 0 saturated carbocycles. The Bertz CT molecular complexity index is 689. The van der Waals surface area contributed by atoms with Gasteiger partial charge < -0.3 is 15.2 Å². The molecular formula is C16H19N3O2S. The minimum Gasteiger partial charge on any atom is -0.502 e. The number of thiocarbonyl (C=S) groups is 1. The molecular weight excluding hydrogens is 298 g/mol. The van der Waals surface area contributed by atoms with Crippen molar-refractivity contribution >= 4 is 28.8 Å². The van der Waals surface area contributed by atoms with Gasteiger partial charge in [0.05, 0.1) is 13.0 Å². The van der Waals surface area contributed by atoms with Crippen LogP contribution >= 0.6 is 12.2 Å². The van der Waals surface area contributed by atoms with Gasteiger partial charge in [0.1, 0.15) is 11.6 Å². The normalized spacial score (nSPS) is 10.3. The number of aromatic nitrogens is 2. The van der Waals surface area contributed by atoms with Crippen LogP contribution in [0.2, 0.25) is 0 Å². The summed E-state index contributed by atoms with van der Waals surface area (Å²) in [5.41, 5.74) is 3.32. The van der Waals surface area contributed by atoms with Gasteiger partial charge in [-0.3, -0.25) is 0 Å². The number of aliphatic hydroxyl groups is 1. The summed E-state index contributed by atoms with van der Waals surface area (Å²) in [6.45, 7) is 6.49. The van der Waals surface area contributed by atoms with Gasteiger partial charge in [0.2, 0.25) is 5.88 Å². The number of aliphatic hydroxyl groups excluding tert-OH is 1. The molecule has 0 aliphatic rings. The van der Waals surface area contributed by atoms with E-state index in [1.807, 2.05) is 26.0 Å². The maximum absolute atomic E-state index is 9.28. The van der Waals surface area contributed by atoms with Gasteiger partial charge in [-0.25, -0.2) is 4.98 Å². The Hall–Kier alpha value is -2.21. The Morgan fingerprint density at radius 1 is 1.32 bits per heavy atom. The van der Waals surface area contributed by atoms with Crippen LogP contribution in [0, 0.1) is 13.8 Å². The summed E-state index contributed by atoms with van der Waals surface area (Å²) < 4.78 is 5.44. The maximum atomic E-state index is 9.28. The first-order valence-electron chi connectivity index (χ1n) is 7.05. The van der Waals surface area contributed by atoms with Crippen LogP contribution in [0.1, 0.15) is 23.9 Å². The highest BCUT2D eigenvalue weighted by atomic mass is 32.1. The summed E-state index contributed by atoms with van der Waals surface area (Å²) in [6, 6.07) is 7.76. The zero-order valence-electron chi connectivity index (χ0n) is 12.9. The summed E-state index contributed by atoms with van der Waals surface area (Å²) in [4.78, 5) is 8.60. The van der Waals surface area contributed by atoms with Gasteiger partial charge in [0, 0.05) is 11.8 Å². The van der Waals surface area contributed by atoms with Crippen LogP contribution in [0.15, 0.2) is 24.3 Å². The Morgan fingerprint density at radius 2 is 2.09 bits per heavy atom. The SMILES string of the molecule is CCOc1cc(Nc2cccc(C)c2C)nc(CC(O)=S)n1. The number of anilines is 2. The lowest BCUT2D eigenvalue weighted by atomic mass is 10.1. The Kier molecular flexibility index (Phi) is 5.27. The van der Waals surface area contributed by atoms with Crippen molar-refractivity contribution in [2.45, 2.75) is 27.2 Å². The van der Waals surface area contributed by atoms with E-state index in [9.17, 15) is 5.11 Å². The molecule has 0 fully saturated rings. The fraction of sp³-hybridized carbons (Fsp3) is 0.312. The Labute approximate surface area is 135 Å². The van der Waals surface area contributed by atoms with Gasteiger partial charge in [0.25, 0.3) is 0 Å². The molecule has 5 nitrogen and oxygen atoms in total. The number of ether oxygens (including phenoxy) is 1. The van der Waals surface area contributed by atoms with Gasteiger partial charge in [-0.2, -0.15) is 4.98 Å². The van der Waals surface area contributed by atoms with Crippen LogP contribution in [-0.4, -0.2) is 26.7 Å². The molecule has 2 aromatic rings. The van der Waals surface area contributed by atoms with E-state index in [1.54, 1.807) is 6.07 Å². The zero-order chi connectivity index (χ0) is 16.1. The van der Waals surface area contributed by atoms with Crippen molar-refractivity contribution in [2.24, 2.45) is 0 Å². The van der Waals surface area contributed by atoms with Gasteiger partial charge in [-0.1, -0.05) is 12.1 Å². The van der Waals surface area contributed by atoms with E-state index in [1.165, 1.54) is 5.56 Å². The van der Waals surface area contributed by atoms with Gasteiger partial charge in [0.15, 0.2) is 5.05 Å². The fourth-order valence-electron chi connectivity index (χ4n) is 2.00. The molecule has 22 heavy (non-hydrogen) atoms. The number of nitrogens with zero attached hydrogens (tertiary/aromatic N) is 2. The summed E-state index contributed by atoms with van der Waals surface area (Å²) in [5, 5.41) is 12.4. The van der Waals surface area contributed by atoms with Gasteiger partial charge >= 0.3 is 0 Å². The molecule has 6 heteroatoms. The van der Waals surface area contributed by atoms with Crippen molar-refractivity contribution in [3.05, 3.63) is 41.2 Å². The first kappa shape index (κ1) is 16.2. The van der Waals surface area contributed by atoms with Gasteiger partial charge in [-0.15, -0.1) is 0 Å². The van der Waals surface area contributed by atoms with E-state index in [2.05, 4.69) is 28.3 Å². The first-order valence-corrected chi connectivity index (χ1v) is 7.46. The van der Waals surface area contributed by atoms with E-state index in [0.717, 1.165) is 11.3 Å². The minimum absolute atomic E-state index is 0.123. The van der Waals surface area contributed by atoms with E-state index in [0.29, 0.717) is 24.1 Å². The van der Waals surface area contributed by atoms with Crippen LogP contribution in [0.3, 0.4) is 0 Å². The van der Waals surface area contributed by atoms with Crippen LogP contribution in [-0.2, 0) is 6.42 Å². The predicted octanol–water partition coefficient (Wildman–Crippen LogP) is 3.66. The second-order valence-electron chi connectivity index (χ2n) is 4.88. The van der Waals surface area contributed by atoms with E-state index in [-0.39, 0.29) is 11.5 Å². The Balaban J connectivity index is 2.34. The van der Waals surface area contributed by atoms with Crippen molar-refractivity contribution in [3.8, 4) is 5.88 Å². The Morgan fingerprint density at radius 3 is 2.77 bits per heavy atom. The molecule has 1 aromatic carbocycles. The lowest BCUT2D eigenvalue weighted by Gasteiger charge is -2.13. The quantitative estimate of drug-likeness (QED) is 0.793. The second-order valence-corrected chi connectivity index (χ2v) is 5.35. The number of benzene rings is 1. The zero-order valence-corrected chi connectivity index (χ0v) is 13.7. The standard InChI is InChI=1S/C16H19N3O2S/c1-4-21-15-8-13(18-14(19-15)9-16(20)22)17-12-7-5-6-10(2)11(12)3/h5-8H,4,9H2,1-3H3,(H,20,22)(H,17,18,19). The van der Waals surface area contributed by atoms with E-state index < -0.39 is 0 Å². The molecule has 2 rings (SSSR count). The number of hydrogen-bond donors (Lipinski definition) is 2. The predicted molar refractivity (Wildman–Crippen MR) is 91.3 cm³/mol. The smallest absolute Gasteiger partial charge is 0.218 e. The monoisotopic (exact) mass is 317 g/mol. The van der Waals surface area contributed by atoms with Crippen molar-refractivity contribution in [2.75, 3.05) is 11.9 Å². The van der Waals surface area contributed by atoms with E-state index >= 15 is 0 Å². The maximum Gasteiger partial charge on any atom is 0.218 e. The molecule has 0 saturated heterocycles. The van der Waals surface area contributed by atoms with Crippen LogP contribution < -0.4 is 10.1 Å². The highest BCUT2D eigenvalue weighted by molar-refractivity contribution is 7.80. The number of aryl methyl sites for hydroxylation is 1. The lowest BCUT2D eigenvalue weighted by Crippen LogP contribution is -2.08. The minimum atomic E-state index is -0.147. The molecule has 0 unspecified atom stereocenters. The molecule has 0 spiro atoms. The summed E-state index contributed by atoms with van der Waals surface area (Å²) in [5.74, 6) is 1.49. The van der Waals surface area contributed by atoms with Crippen molar-refractivity contribution in [1.29, 1.82) is 0 Å². The second kappa shape index (κ2) is 7.17. The highest BCUT2D eigenvalue weighted by Crippen LogP contribution is 2.23. The summed E-state index contributed by atoms with van der Waals surface area (Å²) >= 11 is 4.71. The number of rotatable bonds is 6. The fourth-order valence-corrected chi connectivity index (χ4v) is 2.13. The molecule has 0 radical (unpaired) electrons. The lowest BCUT2D eigenvalue weighted by molar-refractivity contribution is 0.325. The summed E-state index contributed by atoms with van der Waals surface area (Å²) in [6.07, 6.45) is 0.123.